The second kappa shape index (κ2) is 9.08. The smallest absolute Gasteiger partial charge is 0.410 e. The lowest BCUT2D eigenvalue weighted by Gasteiger charge is -2.35. The van der Waals surface area contributed by atoms with Crippen molar-refractivity contribution in [2.75, 3.05) is 6.54 Å². The van der Waals surface area contributed by atoms with E-state index in [-0.39, 0.29) is 12.1 Å². The van der Waals surface area contributed by atoms with E-state index in [1.54, 1.807) is 11.8 Å². The van der Waals surface area contributed by atoms with Crippen LogP contribution in [0.4, 0.5) is 4.79 Å². The molecule has 1 aromatic carbocycles. The molecule has 1 saturated heterocycles. The zero-order valence-electron chi connectivity index (χ0n) is 15.4. The van der Waals surface area contributed by atoms with E-state index in [1.165, 1.54) is 0 Å². The van der Waals surface area contributed by atoms with Crippen molar-refractivity contribution in [3.05, 3.63) is 59.8 Å². The molecule has 26 heavy (non-hydrogen) atoms. The fourth-order valence-electron chi connectivity index (χ4n) is 3.20. The van der Waals surface area contributed by atoms with Gasteiger partial charge in [-0.25, -0.2) is 9.78 Å². The molecule has 1 amide bonds. The van der Waals surface area contributed by atoms with Crippen molar-refractivity contribution in [2.24, 2.45) is 0 Å². The standard InChI is InChI=1S/C21H26N2O2S/c1-16(2)26-20-12-11-18(14-22-20)19-10-6-7-13-23(19)21(24)25-15-17-8-4-3-5-9-17/h3-5,8-9,11-12,14,16,19H,6-7,10,13,15H2,1-2H3/t19-/m0/s1. The van der Waals surface area contributed by atoms with Crippen LogP contribution in [0.2, 0.25) is 0 Å². The van der Waals surface area contributed by atoms with Gasteiger partial charge in [-0.05, 0) is 36.5 Å². The highest BCUT2D eigenvalue weighted by molar-refractivity contribution is 7.99. The average Bonchev–Trinajstić information content (AvgIpc) is 2.67. The number of nitrogens with zero attached hydrogens (tertiary/aromatic N) is 2. The SMILES string of the molecule is CC(C)Sc1ccc([C@@H]2CCCCN2C(=O)OCc2ccccc2)cn1. The maximum Gasteiger partial charge on any atom is 0.410 e. The first kappa shape index (κ1) is 18.8. The summed E-state index contributed by atoms with van der Waals surface area (Å²) in [5, 5.41) is 1.53. The summed E-state index contributed by atoms with van der Waals surface area (Å²) in [6.07, 6.45) is 4.78. The van der Waals surface area contributed by atoms with Crippen LogP contribution in [0.25, 0.3) is 0 Å². The number of carbonyl (C=O) groups is 1. The number of pyridine rings is 1. The van der Waals surface area contributed by atoms with Crippen LogP contribution in [0.5, 0.6) is 0 Å². The zero-order chi connectivity index (χ0) is 18.4. The molecule has 1 atom stereocenters. The minimum atomic E-state index is -0.237. The summed E-state index contributed by atoms with van der Waals surface area (Å²) in [6.45, 7) is 5.36. The second-order valence-electron chi connectivity index (χ2n) is 6.84. The first-order chi connectivity index (χ1) is 12.6. The monoisotopic (exact) mass is 370 g/mol. The lowest BCUT2D eigenvalue weighted by molar-refractivity contribution is 0.0678. The Balaban J connectivity index is 1.66. The maximum atomic E-state index is 12.6. The summed E-state index contributed by atoms with van der Waals surface area (Å²) in [4.78, 5) is 19.1. The molecule has 0 saturated carbocycles. The average molecular weight is 371 g/mol. The summed E-state index contributed by atoms with van der Waals surface area (Å²) < 4.78 is 5.56. The van der Waals surface area contributed by atoms with Crippen LogP contribution >= 0.6 is 11.8 Å². The van der Waals surface area contributed by atoms with Crippen LogP contribution in [0.3, 0.4) is 0 Å². The molecule has 1 aliphatic heterocycles. The Kier molecular flexibility index (Phi) is 6.56. The number of rotatable bonds is 5. The van der Waals surface area contributed by atoms with E-state index in [2.05, 4.69) is 31.0 Å². The van der Waals surface area contributed by atoms with Gasteiger partial charge in [0.25, 0.3) is 0 Å². The van der Waals surface area contributed by atoms with Gasteiger partial charge in [0.15, 0.2) is 0 Å². The normalized spacial score (nSPS) is 17.3. The largest absolute Gasteiger partial charge is 0.445 e. The summed E-state index contributed by atoms with van der Waals surface area (Å²) in [5.41, 5.74) is 2.10. The Bertz CT molecular complexity index is 704. The van der Waals surface area contributed by atoms with Crippen molar-refractivity contribution >= 4 is 17.9 Å². The minimum Gasteiger partial charge on any atom is -0.445 e. The number of hydrogen-bond acceptors (Lipinski definition) is 4. The molecule has 138 valence electrons. The molecule has 1 aromatic heterocycles. The Morgan fingerprint density at radius 1 is 1.23 bits per heavy atom. The third kappa shape index (κ3) is 5.01. The van der Waals surface area contributed by atoms with Gasteiger partial charge in [-0.15, -0.1) is 11.8 Å². The van der Waals surface area contributed by atoms with E-state index in [0.29, 0.717) is 11.9 Å². The number of carbonyl (C=O) groups excluding carboxylic acids is 1. The fraction of sp³-hybridized carbons (Fsp3) is 0.429. The highest BCUT2D eigenvalue weighted by atomic mass is 32.2. The number of aromatic nitrogens is 1. The summed E-state index contributed by atoms with van der Waals surface area (Å²) in [7, 11) is 0. The van der Waals surface area contributed by atoms with Crippen molar-refractivity contribution < 1.29 is 9.53 Å². The molecule has 4 nitrogen and oxygen atoms in total. The molecule has 5 heteroatoms. The number of ether oxygens (including phenoxy) is 1. The Labute approximate surface area is 160 Å². The van der Waals surface area contributed by atoms with E-state index in [4.69, 9.17) is 4.74 Å². The van der Waals surface area contributed by atoms with Gasteiger partial charge >= 0.3 is 6.09 Å². The minimum absolute atomic E-state index is 0.0534. The molecule has 0 N–H and O–H groups in total. The number of thioether (sulfide) groups is 1. The van der Waals surface area contributed by atoms with Crippen LogP contribution < -0.4 is 0 Å². The molecular weight excluding hydrogens is 344 g/mol. The van der Waals surface area contributed by atoms with Crippen molar-refractivity contribution in [1.82, 2.24) is 9.88 Å². The highest BCUT2D eigenvalue weighted by Gasteiger charge is 2.29. The van der Waals surface area contributed by atoms with Crippen LogP contribution in [0, 0.1) is 0 Å². The number of likely N-dealkylation sites (tertiary alicyclic amines) is 1. The lowest BCUT2D eigenvalue weighted by Crippen LogP contribution is -2.38. The molecule has 1 aliphatic rings. The predicted molar refractivity (Wildman–Crippen MR) is 105 cm³/mol. The van der Waals surface area contributed by atoms with Gasteiger partial charge in [-0.1, -0.05) is 50.2 Å². The van der Waals surface area contributed by atoms with Crippen LogP contribution in [0.15, 0.2) is 53.7 Å². The molecule has 2 heterocycles. The Hall–Kier alpha value is -2.01. The summed E-state index contributed by atoms with van der Waals surface area (Å²) in [5.74, 6) is 0. The topological polar surface area (TPSA) is 42.4 Å². The molecule has 0 radical (unpaired) electrons. The van der Waals surface area contributed by atoms with E-state index >= 15 is 0 Å². The van der Waals surface area contributed by atoms with Gasteiger partial charge in [0.1, 0.15) is 6.61 Å². The van der Waals surface area contributed by atoms with E-state index in [0.717, 1.165) is 42.0 Å². The van der Waals surface area contributed by atoms with Gasteiger partial charge in [0, 0.05) is 18.0 Å². The molecular formula is C21H26N2O2S. The number of piperidine rings is 1. The molecule has 0 bridgehead atoms. The van der Waals surface area contributed by atoms with E-state index < -0.39 is 0 Å². The van der Waals surface area contributed by atoms with E-state index in [1.807, 2.05) is 41.4 Å². The second-order valence-corrected chi connectivity index (χ2v) is 8.44. The zero-order valence-corrected chi connectivity index (χ0v) is 16.2. The molecule has 2 aromatic rings. The predicted octanol–water partition coefficient (Wildman–Crippen LogP) is 5.45. The van der Waals surface area contributed by atoms with Gasteiger partial charge in [0.05, 0.1) is 11.1 Å². The maximum absolute atomic E-state index is 12.6. The van der Waals surface area contributed by atoms with Crippen LogP contribution in [0.1, 0.15) is 50.3 Å². The lowest BCUT2D eigenvalue weighted by atomic mass is 9.97. The molecule has 1 fully saturated rings. The highest BCUT2D eigenvalue weighted by Crippen LogP contribution is 2.32. The summed E-state index contributed by atoms with van der Waals surface area (Å²) >= 11 is 1.75. The first-order valence-electron chi connectivity index (χ1n) is 9.23. The number of hydrogen-bond donors (Lipinski definition) is 0. The quantitative estimate of drug-likeness (QED) is 0.657. The molecule has 0 aliphatic carbocycles. The summed E-state index contributed by atoms with van der Waals surface area (Å²) in [6, 6.07) is 14.0. The number of benzene rings is 1. The third-order valence-corrected chi connectivity index (χ3v) is 5.40. The number of amides is 1. The fourth-order valence-corrected chi connectivity index (χ4v) is 3.94. The van der Waals surface area contributed by atoms with Crippen molar-refractivity contribution in [1.29, 1.82) is 0 Å². The van der Waals surface area contributed by atoms with Gasteiger partial charge < -0.3 is 9.64 Å². The van der Waals surface area contributed by atoms with Crippen molar-refractivity contribution in [3.8, 4) is 0 Å². The van der Waals surface area contributed by atoms with Gasteiger partial charge in [-0.3, -0.25) is 0 Å². The first-order valence-corrected chi connectivity index (χ1v) is 10.1. The van der Waals surface area contributed by atoms with Gasteiger partial charge in [0.2, 0.25) is 0 Å². The van der Waals surface area contributed by atoms with Crippen LogP contribution in [-0.4, -0.2) is 27.8 Å². The molecule has 0 unspecified atom stereocenters. The van der Waals surface area contributed by atoms with E-state index in [9.17, 15) is 4.79 Å². The molecule has 0 spiro atoms. The van der Waals surface area contributed by atoms with Crippen molar-refractivity contribution in [3.63, 3.8) is 0 Å². The molecule has 3 rings (SSSR count). The van der Waals surface area contributed by atoms with Crippen LogP contribution in [-0.2, 0) is 11.3 Å². The Morgan fingerprint density at radius 2 is 2.04 bits per heavy atom. The third-order valence-electron chi connectivity index (χ3n) is 4.44. The Morgan fingerprint density at radius 3 is 2.73 bits per heavy atom. The van der Waals surface area contributed by atoms with Crippen molar-refractivity contribution in [2.45, 2.75) is 56.0 Å². The van der Waals surface area contributed by atoms with Gasteiger partial charge in [-0.2, -0.15) is 0 Å².